The summed E-state index contributed by atoms with van der Waals surface area (Å²) in [4.78, 5) is 9.37. The van der Waals surface area contributed by atoms with Crippen molar-refractivity contribution in [1.29, 1.82) is 0 Å². The molecule has 3 atom stereocenters. The first-order chi connectivity index (χ1) is 11.5. The van der Waals surface area contributed by atoms with Crippen LogP contribution in [0.4, 0.5) is 0 Å². The predicted octanol–water partition coefficient (Wildman–Crippen LogP) is 4.20. The molecular weight excluding hydrogens is 304 g/mol. The number of phenolic OH excluding ortho intramolecular Hbond substituents is 1. The van der Waals surface area contributed by atoms with Gasteiger partial charge in [-0.1, -0.05) is 6.92 Å². The zero-order valence-electron chi connectivity index (χ0n) is 14.4. The zero-order valence-corrected chi connectivity index (χ0v) is 14.4. The molecular formula is C20H26O4. The lowest BCUT2D eigenvalue weighted by Gasteiger charge is -2.29. The molecule has 0 aromatic heterocycles. The maximum absolute atomic E-state index is 10.2. The van der Waals surface area contributed by atoms with Crippen molar-refractivity contribution < 1.29 is 19.7 Å². The fourth-order valence-corrected chi connectivity index (χ4v) is 4.03. The molecule has 2 N–H and O–H groups in total. The van der Waals surface area contributed by atoms with Crippen molar-refractivity contribution in [3.05, 3.63) is 22.8 Å². The lowest BCUT2D eigenvalue weighted by molar-refractivity contribution is -0.136. The van der Waals surface area contributed by atoms with E-state index < -0.39 is 5.97 Å². The molecule has 1 fully saturated rings. The highest BCUT2D eigenvalue weighted by Gasteiger charge is 2.42. The van der Waals surface area contributed by atoms with Gasteiger partial charge in [-0.05, 0) is 62.5 Å². The third-order valence-electron chi connectivity index (χ3n) is 5.10. The molecule has 24 heavy (non-hydrogen) atoms. The minimum Gasteiger partial charge on any atom is -0.508 e. The molecule has 0 radical (unpaired) electrons. The molecule has 130 valence electrons. The summed E-state index contributed by atoms with van der Waals surface area (Å²) in [6.45, 7) is 3.75. The number of hydrogen-bond donors (Lipinski definition) is 2. The van der Waals surface area contributed by atoms with Gasteiger partial charge in [0, 0.05) is 17.5 Å². The van der Waals surface area contributed by atoms with Gasteiger partial charge in [-0.3, -0.25) is 4.79 Å². The summed E-state index contributed by atoms with van der Waals surface area (Å²) >= 11 is 0. The van der Waals surface area contributed by atoms with E-state index in [1.54, 1.807) is 6.92 Å². The molecule has 0 amide bonds. The largest absolute Gasteiger partial charge is 0.508 e. The average molecular weight is 330 g/mol. The molecule has 1 heterocycles. The number of aromatic hydroxyl groups is 1. The number of carbonyl (C=O) groups is 1. The van der Waals surface area contributed by atoms with Gasteiger partial charge >= 0.3 is 5.97 Å². The van der Waals surface area contributed by atoms with Crippen LogP contribution < -0.4 is 4.74 Å². The highest BCUT2D eigenvalue weighted by Crippen LogP contribution is 2.59. The minimum absolute atomic E-state index is 0.222. The van der Waals surface area contributed by atoms with Crippen molar-refractivity contribution in [3.63, 3.8) is 0 Å². The number of fused-ring (bicyclic) bond motifs is 7. The first-order valence-corrected chi connectivity index (χ1v) is 8.61. The molecule has 1 aliphatic heterocycles. The van der Waals surface area contributed by atoms with Crippen LogP contribution in [0.25, 0.3) is 0 Å². The van der Waals surface area contributed by atoms with Crippen LogP contribution in [0.1, 0.15) is 74.5 Å². The van der Waals surface area contributed by atoms with Crippen LogP contribution in [-0.2, 0) is 11.2 Å². The Kier molecular flexibility index (Phi) is 5.77. The summed E-state index contributed by atoms with van der Waals surface area (Å²) < 4.78 is 6.07. The van der Waals surface area contributed by atoms with Crippen LogP contribution in [0.15, 0.2) is 6.07 Å². The number of ether oxygens (including phenoxy) is 1. The molecule has 1 aromatic carbocycles. The Morgan fingerprint density at radius 1 is 1.25 bits per heavy atom. The van der Waals surface area contributed by atoms with Crippen molar-refractivity contribution in [3.8, 4) is 24.3 Å². The van der Waals surface area contributed by atoms with Gasteiger partial charge in [-0.15, -0.1) is 12.8 Å². The first-order valence-electron chi connectivity index (χ1n) is 8.61. The Balaban J connectivity index is 0.000000259. The van der Waals surface area contributed by atoms with Crippen molar-refractivity contribution in [2.45, 2.75) is 70.3 Å². The number of hydrogen-bond acceptors (Lipinski definition) is 3. The molecule has 0 saturated heterocycles. The fraction of sp³-hybridized carbons (Fsp3) is 0.550. The summed E-state index contributed by atoms with van der Waals surface area (Å²) in [7, 11) is 0. The van der Waals surface area contributed by atoms with E-state index in [0.717, 1.165) is 18.6 Å². The smallest absolute Gasteiger partial charge is 0.303 e. The van der Waals surface area contributed by atoms with Crippen LogP contribution in [0.5, 0.6) is 11.5 Å². The van der Waals surface area contributed by atoms with Gasteiger partial charge in [0.05, 0.1) is 6.10 Å². The number of carboxylic acid groups (broad SMARTS) is 1. The summed E-state index contributed by atoms with van der Waals surface area (Å²) in [6, 6.07) is 1.96. The van der Waals surface area contributed by atoms with Crippen LogP contribution in [0.3, 0.4) is 0 Å². The topological polar surface area (TPSA) is 66.8 Å². The van der Waals surface area contributed by atoms with Gasteiger partial charge in [0.15, 0.2) is 0 Å². The van der Waals surface area contributed by atoms with E-state index in [0.29, 0.717) is 23.7 Å². The Bertz CT molecular complexity index is 632. The van der Waals surface area contributed by atoms with Crippen LogP contribution in [0.2, 0.25) is 0 Å². The number of aryl methyl sites for hydroxylation is 1. The maximum atomic E-state index is 10.2. The van der Waals surface area contributed by atoms with Gasteiger partial charge in [0.25, 0.3) is 0 Å². The van der Waals surface area contributed by atoms with E-state index in [2.05, 4.69) is 19.8 Å². The molecule has 0 spiro atoms. The summed E-state index contributed by atoms with van der Waals surface area (Å²) in [5.41, 5.74) is 3.81. The van der Waals surface area contributed by atoms with E-state index in [1.165, 1.54) is 36.0 Å². The highest BCUT2D eigenvalue weighted by atomic mass is 16.5. The van der Waals surface area contributed by atoms with E-state index in [-0.39, 0.29) is 6.42 Å². The van der Waals surface area contributed by atoms with Gasteiger partial charge in [-0.25, -0.2) is 0 Å². The molecule has 0 unspecified atom stereocenters. The molecule has 1 aromatic rings. The van der Waals surface area contributed by atoms with Crippen molar-refractivity contribution in [2.24, 2.45) is 0 Å². The maximum Gasteiger partial charge on any atom is 0.303 e. The third kappa shape index (κ3) is 3.36. The SMILES string of the molecule is C#C.CCC(=O)O.C[C@@H]1CCc2cc(O)c3c(c2O1)[C@@H]1CC[C@@H]3C1. The van der Waals surface area contributed by atoms with Crippen molar-refractivity contribution in [2.75, 3.05) is 0 Å². The van der Waals surface area contributed by atoms with E-state index in [1.807, 2.05) is 6.07 Å². The van der Waals surface area contributed by atoms with E-state index in [9.17, 15) is 9.90 Å². The molecule has 3 aliphatic rings. The van der Waals surface area contributed by atoms with Crippen LogP contribution in [-0.4, -0.2) is 22.3 Å². The standard InChI is InChI=1S/C15H18O2.C3H6O2.C2H2/c1-8-2-3-11-7-12(16)13-9-4-5-10(6-9)14(13)15(11)17-8;1-2-3(4)5;1-2/h7-10,16H,2-6H2,1H3;2H2,1H3,(H,4,5);1-2H/t8-,9-,10-;;/m1../s1. The van der Waals surface area contributed by atoms with E-state index in [4.69, 9.17) is 9.84 Å². The Morgan fingerprint density at radius 2 is 1.83 bits per heavy atom. The Labute approximate surface area is 143 Å². The number of carboxylic acids is 1. The predicted molar refractivity (Wildman–Crippen MR) is 93.7 cm³/mol. The summed E-state index contributed by atoms with van der Waals surface area (Å²) in [6.07, 6.45) is 14.4. The molecule has 2 bridgehead atoms. The van der Waals surface area contributed by atoms with Gasteiger partial charge in [0.1, 0.15) is 11.5 Å². The van der Waals surface area contributed by atoms with Crippen molar-refractivity contribution >= 4 is 5.97 Å². The number of phenols is 1. The molecule has 1 saturated carbocycles. The quantitative estimate of drug-likeness (QED) is 0.757. The van der Waals surface area contributed by atoms with Gasteiger partial charge < -0.3 is 14.9 Å². The highest BCUT2D eigenvalue weighted by molar-refractivity contribution is 5.66. The second-order valence-electron chi connectivity index (χ2n) is 6.63. The molecule has 4 rings (SSSR count). The zero-order chi connectivity index (χ0) is 17.9. The first kappa shape index (κ1) is 18.2. The Morgan fingerprint density at radius 3 is 2.42 bits per heavy atom. The number of terminal acetylenes is 1. The lowest BCUT2D eigenvalue weighted by Crippen LogP contribution is -2.21. The third-order valence-corrected chi connectivity index (χ3v) is 5.10. The molecule has 2 aliphatic carbocycles. The van der Waals surface area contributed by atoms with Crippen LogP contribution in [0, 0.1) is 12.8 Å². The average Bonchev–Trinajstić information content (AvgIpc) is 3.20. The monoisotopic (exact) mass is 330 g/mol. The molecule has 4 heteroatoms. The normalized spacial score (nSPS) is 25.1. The summed E-state index contributed by atoms with van der Waals surface area (Å²) in [5.74, 6) is 2.17. The van der Waals surface area contributed by atoms with Crippen molar-refractivity contribution in [1.82, 2.24) is 0 Å². The number of benzene rings is 1. The minimum atomic E-state index is -0.745. The van der Waals surface area contributed by atoms with E-state index >= 15 is 0 Å². The lowest BCUT2D eigenvalue weighted by atomic mass is 9.86. The second-order valence-corrected chi connectivity index (χ2v) is 6.63. The number of rotatable bonds is 1. The van der Waals surface area contributed by atoms with Crippen LogP contribution >= 0.6 is 0 Å². The van der Waals surface area contributed by atoms with Gasteiger partial charge in [0.2, 0.25) is 0 Å². The second kappa shape index (κ2) is 7.61. The number of aliphatic carboxylic acids is 1. The fourth-order valence-electron chi connectivity index (χ4n) is 4.03. The summed E-state index contributed by atoms with van der Waals surface area (Å²) in [5, 5.41) is 17.9. The molecule has 4 nitrogen and oxygen atoms in total. The van der Waals surface area contributed by atoms with Gasteiger partial charge in [-0.2, -0.15) is 0 Å². The Hall–Kier alpha value is -2.15.